The second-order valence-electron chi connectivity index (χ2n) is 5.33. The lowest BCUT2D eigenvalue weighted by molar-refractivity contribution is 0.337. The minimum atomic E-state index is 0. The Bertz CT molecular complexity index is 393. The second kappa shape index (κ2) is 7.53. The number of piperidine rings is 1. The number of halogens is 1. The molecule has 1 saturated heterocycles. The molecule has 0 aliphatic carbocycles. The molecule has 1 aromatic carbocycles. The first-order valence-electron chi connectivity index (χ1n) is 7.09. The molecule has 2 N–H and O–H groups in total. The predicted molar refractivity (Wildman–Crippen MR) is 85.4 cm³/mol. The van der Waals surface area contributed by atoms with Crippen molar-refractivity contribution in [3.05, 3.63) is 29.8 Å². The summed E-state index contributed by atoms with van der Waals surface area (Å²) >= 11 is 2.00. The lowest BCUT2D eigenvalue weighted by atomic mass is 9.96. The zero-order valence-electron chi connectivity index (χ0n) is 11.2. The quantitative estimate of drug-likeness (QED) is 0.896. The van der Waals surface area contributed by atoms with E-state index in [0.717, 1.165) is 5.92 Å². The number of hydrogen-bond donors (Lipinski definition) is 2. The van der Waals surface area contributed by atoms with Gasteiger partial charge in [-0.3, -0.25) is 0 Å². The zero-order chi connectivity index (χ0) is 12.2. The minimum Gasteiger partial charge on any atom is -0.317 e. The molecule has 0 amide bonds. The number of benzene rings is 1. The lowest BCUT2D eigenvalue weighted by Crippen LogP contribution is -2.35. The fraction of sp³-hybridized carbons (Fsp3) is 0.600. The monoisotopic (exact) mass is 298 g/mol. The fourth-order valence-electron chi connectivity index (χ4n) is 2.95. The van der Waals surface area contributed by atoms with E-state index in [1.165, 1.54) is 55.1 Å². The average Bonchev–Trinajstić information content (AvgIpc) is 2.46. The third-order valence-corrected chi connectivity index (χ3v) is 5.19. The van der Waals surface area contributed by atoms with Crippen molar-refractivity contribution >= 4 is 24.2 Å². The van der Waals surface area contributed by atoms with Gasteiger partial charge in [-0.05, 0) is 62.2 Å². The molecule has 4 heteroatoms. The Kier molecular flexibility index (Phi) is 6.02. The summed E-state index contributed by atoms with van der Waals surface area (Å²) in [5, 5.41) is 7.24. The van der Waals surface area contributed by atoms with Crippen LogP contribution in [0.1, 0.15) is 30.9 Å². The van der Waals surface area contributed by atoms with Crippen molar-refractivity contribution in [1.29, 1.82) is 0 Å². The van der Waals surface area contributed by atoms with Gasteiger partial charge in [0.2, 0.25) is 0 Å². The van der Waals surface area contributed by atoms with Gasteiger partial charge in [0.1, 0.15) is 0 Å². The van der Waals surface area contributed by atoms with Gasteiger partial charge >= 0.3 is 0 Å². The average molecular weight is 299 g/mol. The van der Waals surface area contributed by atoms with Crippen molar-refractivity contribution in [3.8, 4) is 0 Å². The van der Waals surface area contributed by atoms with E-state index in [0.29, 0.717) is 6.04 Å². The van der Waals surface area contributed by atoms with Gasteiger partial charge in [0, 0.05) is 10.9 Å². The molecule has 0 aromatic heterocycles. The van der Waals surface area contributed by atoms with Crippen LogP contribution in [0.15, 0.2) is 29.2 Å². The molecule has 2 aliphatic rings. The predicted octanol–water partition coefficient (Wildman–Crippen LogP) is 3.23. The fourth-order valence-corrected chi connectivity index (χ4v) is 4.07. The summed E-state index contributed by atoms with van der Waals surface area (Å²) < 4.78 is 0. The van der Waals surface area contributed by atoms with Gasteiger partial charge in [-0.15, -0.1) is 24.2 Å². The molecule has 2 aliphatic heterocycles. The van der Waals surface area contributed by atoms with E-state index >= 15 is 0 Å². The molecule has 1 atom stereocenters. The van der Waals surface area contributed by atoms with Crippen LogP contribution in [0.3, 0.4) is 0 Å². The maximum absolute atomic E-state index is 3.81. The standard InChI is InChI=1S/C15H22N2S.ClH/c1-2-4-15-13(3-1)14(7-10-18-15)17-11-12-5-8-16-9-6-12;/h1-4,12,14,16-17H,5-11H2;1H. The van der Waals surface area contributed by atoms with Crippen LogP contribution in [0, 0.1) is 5.92 Å². The molecule has 1 fully saturated rings. The summed E-state index contributed by atoms with van der Waals surface area (Å²) in [5.41, 5.74) is 1.52. The van der Waals surface area contributed by atoms with Gasteiger partial charge in [-0.1, -0.05) is 18.2 Å². The van der Waals surface area contributed by atoms with Gasteiger partial charge in [0.25, 0.3) is 0 Å². The van der Waals surface area contributed by atoms with E-state index < -0.39 is 0 Å². The van der Waals surface area contributed by atoms with E-state index in [1.807, 2.05) is 11.8 Å². The zero-order valence-corrected chi connectivity index (χ0v) is 12.9. The van der Waals surface area contributed by atoms with Crippen molar-refractivity contribution in [1.82, 2.24) is 10.6 Å². The maximum atomic E-state index is 3.81. The Morgan fingerprint density at radius 2 is 1.95 bits per heavy atom. The van der Waals surface area contributed by atoms with E-state index in [9.17, 15) is 0 Å². The first-order valence-corrected chi connectivity index (χ1v) is 8.08. The third-order valence-electron chi connectivity index (χ3n) is 4.07. The Labute approximate surface area is 126 Å². The highest BCUT2D eigenvalue weighted by Crippen LogP contribution is 2.35. The minimum absolute atomic E-state index is 0. The van der Waals surface area contributed by atoms with Gasteiger partial charge in [-0.2, -0.15) is 0 Å². The molecule has 0 bridgehead atoms. The number of nitrogens with one attached hydrogen (secondary N) is 2. The Balaban J connectivity index is 0.00000133. The molecule has 0 saturated carbocycles. The molecule has 2 nitrogen and oxygen atoms in total. The lowest BCUT2D eigenvalue weighted by Gasteiger charge is -2.29. The van der Waals surface area contributed by atoms with Crippen LogP contribution in [0.5, 0.6) is 0 Å². The van der Waals surface area contributed by atoms with Gasteiger partial charge in [-0.25, -0.2) is 0 Å². The van der Waals surface area contributed by atoms with E-state index in [-0.39, 0.29) is 12.4 Å². The highest BCUT2D eigenvalue weighted by atomic mass is 35.5. The molecule has 2 heterocycles. The normalized spacial score (nSPS) is 23.5. The van der Waals surface area contributed by atoms with E-state index in [4.69, 9.17) is 0 Å². The van der Waals surface area contributed by atoms with Crippen LogP contribution >= 0.6 is 24.2 Å². The van der Waals surface area contributed by atoms with Crippen molar-refractivity contribution in [3.63, 3.8) is 0 Å². The van der Waals surface area contributed by atoms with Gasteiger partial charge < -0.3 is 10.6 Å². The molecule has 106 valence electrons. The summed E-state index contributed by atoms with van der Waals surface area (Å²) in [6, 6.07) is 9.46. The molecule has 0 radical (unpaired) electrons. The van der Waals surface area contributed by atoms with E-state index in [1.54, 1.807) is 0 Å². The smallest absolute Gasteiger partial charge is 0.0339 e. The summed E-state index contributed by atoms with van der Waals surface area (Å²) in [6.45, 7) is 3.58. The van der Waals surface area contributed by atoms with Crippen molar-refractivity contribution < 1.29 is 0 Å². The van der Waals surface area contributed by atoms with Crippen LogP contribution in [-0.4, -0.2) is 25.4 Å². The van der Waals surface area contributed by atoms with Crippen molar-refractivity contribution in [2.24, 2.45) is 5.92 Å². The number of hydrogen-bond acceptors (Lipinski definition) is 3. The highest BCUT2D eigenvalue weighted by Gasteiger charge is 2.21. The third kappa shape index (κ3) is 3.88. The van der Waals surface area contributed by atoms with Crippen molar-refractivity contribution in [2.45, 2.75) is 30.2 Å². The SMILES string of the molecule is Cl.c1ccc2c(c1)SCCC2NCC1CCNCC1. The number of rotatable bonds is 3. The first kappa shape index (κ1) is 15.2. The van der Waals surface area contributed by atoms with Crippen molar-refractivity contribution in [2.75, 3.05) is 25.4 Å². The van der Waals surface area contributed by atoms with Crippen LogP contribution in [0.4, 0.5) is 0 Å². The Hall–Kier alpha value is -0.220. The number of thioether (sulfide) groups is 1. The molecule has 19 heavy (non-hydrogen) atoms. The van der Waals surface area contributed by atoms with Crippen LogP contribution in [0.25, 0.3) is 0 Å². The van der Waals surface area contributed by atoms with Crippen LogP contribution in [0.2, 0.25) is 0 Å². The molecule has 0 spiro atoms. The summed E-state index contributed by atoms with van der Waals surface area (Å²) in [6.07, 6.45) is 3.93. The van der Waals surface area contributed by atoms with Gasteiger partial charge in [0.05, 0.1) is 0 Å². The topological polar surface area (TPSA) is 24.1 Å². The maximum Gasteiger partial charge on any atom is 0.0339 e. The molecule has 1 unspecified atom stereocenters. The van der Waals surface area contributed by atoms with Crippen LogP contribution in [-0.2, 0) is 0 Å². The summed E-state index contributed by atoms with van der Waals surface area (Å²) in [4.78, 5) is 1.48. The highest BCUT2D eigenvalue weighted by molar-refractivity contribution is 7.99. The summed E-state index contributed by atoms with van der Waals surface area (Å²) in [5.74, 6) is 2.12. The molecular formula is C15H23ClN2S. The van der Waals surface area contributed by atoms with Gasteiger partial charge in [0.15, 0.2) is 0 Å². The molecule has 1 aromatic rings. The van der Waals surface area contributed by atoms with Crippen LogP contribution < -0.4 is 10.6 Å². The van der Waals surface area contributed by atoms with E-state index in [2.05, 4.69) is 34.9 Å². The Morgan fingerprint density at radius 3 is 2.79 bits per heavy atom. The molecule has 3 rings (SSSR count). The molecular weight excluding hydrogens is 276 g/mol. The second-order valence-corrected chi connectivity index (χ2v) is 6.47. The summed E-state index contributed by atoms with van der Waals surface area (Å²) in [7, 11) is 0. The Morgan fingerprint density at radius 1 is 1.16 bits per heavy atom. The largest absolute Gasteiger partial charge is 0.317 e. The number of fused-ring (bicyclic) bond motifs is 1. The first-order chi connectivity index (χ1) is 8.93.